The van der Waals surface area contributed by atoms with Gasteiger partial charge in [-0.25, -0.2) is 9.97 Å². The molecule has 7 heteroatoms. The van der Waals surface area contributed by atoms with Gasteiger partial charge in [-0.05, 0) is 53.9 Å². The van der Waals surface area contributed by atoms with Crippen molar-refractivity contribution in [2.75, 3.05) is 5.73 Å². The number of hydrogen-bond donors (Lipinski definition) is 2. The summed E-state index contributed by atoms with van der Waals surface area (Å²) in [6, 6.07) is 21.6. The van der Waals surface area contributed by atoms with E-state index in [9.17, 15) is 4.79 Å². The van der Waals surface area contributed by atoms with Crippen LogP contribution in [-0.4, -0.2) is 20.4 Å². The lowest BCUT2D eigenvalue weighted by Gasteiger charge is -2.13. The number of amides is 1. The van der Waals surface area contributed by atoms with Crippen LogP contribution in [0.3, 0.4) is 0 Å². The number of para-hydroxylation sites is 1. The number of aryl methyl sites for hydroxylation is 1. The van der Waals surface area contributed by atoms with E-state index in [2.05, 4.69) is 15.3 Å². The third kappa shape index (κ3) is 4.13. The van der Waals surface area contributed by atoms with E-state index < -0.39 is 0 Å². The van der Waals surface area contributed by atoms with E-state index in [0.717, 1.165) is 38.5 Å². The maximum absolute atomic E-state index is 13.2. The smallest absolute Gasteiger partial charge is 0.268 e. The quantitative estimate of drug-likeness (QED) is 0.385. The molecule has 6 nitrogen and oxygen atoms in total. The van der Waals surface area contributed by atoms with E-state index >= 15 is 0 Å². The number of rotatable bonds is 5. The summed E-state index contributed by atoms with van der Waals surface area (Å²) in [6.45, 7) is 2.87. The van der Waals surface area contributed by atoms with Gasteiger partial charge in [0.25, 0.3) is 5.91 Å². The van der Waals surface area contributed by atoms with Gasteiger partial charge in [0.15, 0.2) is 0 Å². The lowest BCUT2D eigenvalue weighted by molar-refractivity contribution is 0.0942. The molecule has 5 rings (SSSR count). The second kappa shape index (κ2) is 8.56. The Bertz CT molecular complexity index is 1510. The zero-order valence-electron chi connectivity index (χ0n) is 18.0. The maximum Gasteiger partial charge on any atom is 0.268 e. The fourth-order valence-corrected chi connectivity index (χ4v) is 4.32. The molecule has 0 aliphatic carbocycles. The van der Waals surface area contributed by atoms with Crippen molar-refractivity contribution in [1.82, 2.24) is 19.9 Å². The molecule has 5 aromatic rings. The fourth-order valence-electron chi connectivity index (χ4n) is 4.03. The zero-order valence-corrected chi connectivity index (χ0v) is 18.8. The maximum atomic E-state index is 13.2. The highest BCUT2D eigenvalue weighted by molar-refractivity contribution is 6.31. The number of carbonyl (C=O) groups is 1. The molecule has 2 aromatic heterocycles. The van der Waals surface area contributed by atoms with Gasteiger partial charge in [0.1, 0.15) is 17.8 Å². The third-order valence-corrected chi connectivity index (χ3v) is 6.12. The first kappa shape index (κ1) is 21.0. The first-order valence-corrected chi connectivity index (χ1v) is 11.0. The Labute approximate surface area is 196 Å². The summed E-state index contributed by atoms with van der Waals surface area (Å²) in [7, 11) is 0. The molecule has 0 unspecified atom stereocenters. The largest absolute Gasteiger partial charge is 0.383 e. The fraction of sp³-hybridized carbons (Fsp3) is 0.115. The summed E-state index contributed by atoms with van der Waals surface area (Å²) < 4.78 is 2.01. The number of benzene rings is 3. The topological polar surface area (TPSA) is 85.8 Å². The normalized spacial score (nSPS) is 11.2. The van der Waals surface area contributed by atoms with Crippen molar-refractivity contribution >= 4 is 45.1 Å². The summed E-state index contributed by atoms with van der Waals surface area (Å²) in [5, 5.41) is 5.53. The summed E-state index contributed by atoms with van der Waals surface area (Å²) >= 11 is 6.50. The van der Waals surface area contributed by atoms with Gasteiger partial charge < -0.3 is 15.6 Å². The van der Waals surface area contributed by atoms with Gasteiger partial charge in [-0.2, -0.15) is 0 Å². The summed E-state index contributed by atoms with van der Waals surface area (Å²) in [6.07, 6.45) is 1.44. The van der Waals surface area contributed by atoms with Crippen LogP contribution in [0.15, 0.2) is 73.1 Å². The Morgan fingerprint density at radius 2 is 1.91 bits per heavy atom. The van der Waals surface area contributed by atoms with Gasteiger partial charge >= 0.3 is 0 Å². The molecule has 2 heterocycles. The zero-order chi connectivity index (χ0) is 22.9. The van der Waals surface area contributed by atoms with Crippen molar-refractivity contribution < 1.29 is 4.79 Å². The van der Waals surface area contributed by atoms with Gasteiger partial charge in [0.05, 0.1) is 5.52 Å². The minimum absolute atomic E-state index is 0.156. The molecule has 0 saturated heterocycles. The van der Waals surface area contributed by atoms with Gasteiger partial charge in [-0.15, -0.1) is 0 Å². The van der Waals surface area contributed by atoms with Crippen LogP contribution in [0.5, 0.6) is 0 Å². The number of anilines is 1. The molecule has 0 radical (unpaired) electrons. The highest BCUT2D eigenvalue weighted by Crippen LogP contribution is 2.25. The summed E-state index contributed by atoms with van der Waals surface area (Å²) in [4.78, 5) is 21.5. The molecule has 33 heavy (non-hydrogen) atoms. The highest BCUT2D eigenvalue weighted by Gasteiger charge is 2.17. The standard InChI is InChI=1S/C26H22ClN5O/c1-16-6-8-19(21(27)10-16)14-32-23-5-3-2-4-18(23)12-24(32)26(33)29-13-17-7-9-20-22(11-17)30-15-31-25(20)28/h2-12,15H,13-14H2,1H3,(H,29,33)(H2,28,30,31). The van der Waals surface area contributed by atoms with Crippen LogP contribution in [0.4, 0.5) is 5.82 Å². The minimum atomic E-state index is -0.156. The number of halogens is 1. The number of nitrogens with two attached hydrogens (primary N) is 1. The van der Waals surface area contributed by atoms with Crippen LogP contribution >= 0.6 is 11.6 Å². The predicted molar refractivity (Wildman–Crippen MR) is 132 cm³/mol. The highest BCUT2D eigenvalue weighted by atomic mass is 35.5. The van der Waals surface area contributed by atoms with Crippen LogP contribution in [0.1, 0.15) is 27.2 Å². The van der Waals surface area contributed by atoms with Crippen molar-refractivity contribution in [1.29, 1.82) is 0 Å². The van der Waals surface area contributed by atoms with E-state index in [0.29, 0.717) is 29.6 Å². The Kier molecular flexibility index (Phi) is 5.44. The Morgan fingerprint density at radius 1 is 1.06 bits per heavy atom. The molecule has 0 aliphatic rings. The number of nitrogen functional groups attached to an aromatic ring is 1. The third-order valence-electron chi connectivity index (χ3n) is 5.77. The molecule has 0 bridgehead atoms. The van der Waals surface area contributed by atoms with Gasteiger partial charge in [-0.3, -0.25) is 4.79 Å². The molecule has 1 amide bonds. The van der Waals surface area contributed by atoms with Crippen molar-refractivity contribution in [3.63, 3.8) is 0 Å². The van der Waals surface area contributed by atoms with E-state index in [1.165, 1.54) is 6.33 Å². The van der Waals surface area contributed by atoms with Gasteiger partial charge in [-0.1, -0.05) is 48.0 Å². The SMILES string of the molecule is Cc1ccc(Cn2c(C(=O)NCc3ccc4c(N)ncnc4c3)cc3ccccc32)c(Cl)c1. The molecular formula is C26H22ClN5O. The molecule has 0 atom stereocenters. The molecular weight excluding hydrogens is 434 g/mol. The van der Waals surface area contributed by atoms with Crippen molar-refractivity contribution in [2.45, 2.75) is 20.0 Å². The Morgan fingerprint density at radius 3 is 2.76 bits per heavy atom. The first-order valence-electron chi connectivity index (χ1n) is 10.6. The van der Waals surface area contributed by atoms with Gasteiger partial charge in [0, 0.05) is 34.4 Å². The van der Waals surface area contributed by atoms with E-state index in [1.807, 2.05) is 78.2 Å². The lowest BCUT2D eigenvalue weighted by Crippen LogP contribution is -2.25. The Hall–Kier alpha value is -3.90. The van der Waals surface area contributed by atoms with Crippen LogP contribution in [-0.2, 0) is 13.1 Å². The number of nitrogens with zero attached hydrogens (tertiary/aromatic N) is 3. The molecule has 0 aliphatic heterocycles. The molecule has 0 fully saturated rings. The molecule has 0 spiro atoms. The van der Waals surface area contributed by atoms with E-state index in [4.69, 9.17) is 17.3 Å². The van der Waals surface area contributed by atoms with Crippen molar-refractivity contribution in [3.8, 4) is 0 Å². The second-order valence-corrected chi connectivity index (χ2v) is 8.47. The summed E-state index contributed by atoms with van der Waals surface area (Å²) in [5.41, 5.74) is 11.2. The van der Waals surface area contributed by atoms with Crippen LogP contribution in [0, 0.1) is 6.92 Å². The molecule has 3 N–H and O–H groups in total. The average molecular weight is 456 g/mol. The summed E-state index contributed by atoms with van der Waals surface area (Å²) in [5.74, 6) is 0.284. The average Bonchev–Trinajstić information content (AvgIpc) is 3.18. The first-order chi connectivity index (χ1) is 16.0. The number of aromatic nitrogens is 3. The van der Waals surface area contributed by atoms with Crippen LogP contribution < -0.4 is 11.1 Å². The lowest BCUT2D eigenvalue weighted by atomic mass is 10.1. The van der Waals surface area contributed by atoms with Crippen molar-refractivity contribution in [3.05, 3.63) is 100 Å². The molecule has 164 valence electrons. The minimum Gasteiger partial charge on any atom is -0.383 e. The Balaban J connectivity index is 1.44. The van der Waals surface area contributed by atoms with E-state index in [-0.39, 0.29) is 5.91 Å². The van der Waals surface area contributed by atoms with Crippen molar-refractivity contribution in [2.24, 2.45) is 0 Å². The molecule has 3 aromatic carbocycles. The molecule has 0 saturated carbocycles. The van der Waals surface area contributed by atoms with E-state index in [1.54, 1.807) is 0 Å². The number of carbonyl (C=O) groups excluding carboxylic acids is 1. The van der Waals surface area contributed by atoms with Crippen LogP contribution in [0.2, 0.25) is 5.02 Å². The second-order valence-electron chi connectivity index (χ2n) is 8.06. The monoisotopic (exact) mass is 455 g/mol. The number of hydrogen-bond acceptors (Lipinski definition) is 4. The van der Waals surface area contributed by atoms with Gasteiger partial charge in [0.2, 0.25) is 0 Å². The number of fused-ring (bicyclic) bond motifs is 2. The van der Waals surface area contributed by atoms with Crippen LogP contribution in [0.25, 0.3) is 21.8 Å². The number of nitrogens with one attached hydrogen (secondary N) is 1. The predicted octanol–water partition coefficient (Wildman–Crippen LogP) is 5.11.